The molecule has 1 saturated heterocycles. The first-order valence-corrected chi connectivity index (χ1v) is 10.1. The van der Waals surface area contributed by atoms with Gasteiger partial charge in [-0.3, -0.25) is 4.79 Å². The fourth-order valence-electron chi connectivity index (χ4n) is 4.64. The molecule has 2 atom stereocenters. The van der Waals surface area contributed by atoms with Crippen LogP contribution in [-0.2, 0) is 4.79 Å². The van der Waals surface area contributed by atoms with Gasteiger partial charge >= 0.3 is 0 Å². The number of carbonyl (C=O) groups excluding carboxylic acids is 1. The number of fused-ring (bicyclic) bond motifs is 2. The molecule has 25 heavy (non-hydrogen) atoms. The number of rotatable bonds is 2. The molecule has 2 aromatic carbocycles. The summed E-state index contributed by atoms with van der Waals surface area (Å²) >= 11 is 1.86. The van der Waals surface area contributed by atoms with Crippen molar-refractivity contribution in [3.63, 3.8) is 0 Å². The molecule has 128 valence electrons. The first kappa shape index (κ1) is 15.3. The monoisotopic (exact) mass is 350 g/mol. The van der Waals surface area contributed by atoms with Crippen LogP contribution < -0.4 is 4.90 Å². The zero-order valence-electron chi connectivity index (χ0n) is 14.4. The number of hydrogen-bond acceptors (Lipinski definition) is 3. The van der Waals surface area contributed by atoms with Crippen LogP contribution in [0, 0.1) is 0 Å². The van der Waals surface area contributed by atoms with Crippen molar-refractivity contribution in [1.29, 1.82) is 0 Å². The Morgan fingerprint density at radius 1 is 1.12 bits per heavy atom. The van der Waals surface area contributed by atoms with E-state index >= 15 is 0 Å². The van der Waals surface area contributed by atoms with Crippen LogP contribution in [0.25, 0.3) is 0 Å². The van der Waals surface area contributed by atoms with Crippen LogP contribution >= 0.6 is 11.8 Å². The van der Waals surface area contributed by atoms with Crippen molar-refractivity contribution >= 4 is 29.0 Å². The topological polar surface area (TPSA) is 23.6 Å². The molecule has 5 rings (SSSR count). The Balaban J connectivity index is 1.69. The number of amides is 1. The Kier molecular flexibility index (Phi) is 3.56. The minimum atomic E-state index is 0.233. The zero-order chi connectivity index (χ0) is 17.0. The third-order valence-corrected chi connectivity index (χ3v) is 6.91. The lowest BCUT2D eigenvalue weighted by Gasteiger charge is -2.47. The number of carbonyl (C=O) groups is 1. The van der Waals surface area contributed by atoms with Crippen LogP contribution in [0.2, 0.25) is 0 Å². The molecule has 0 N–H and O–H groups in total. The normalized spacial score (nSPS) is 24.3. The molecule has 0 saturated carbocycles. The summed E-state index contributed by atoms with van der Waals surface area (Å²) in [5, 5.41) is 0. The maximum absolute atomic E-state index is 12.4. The number of benzene rings is 2. The van der Waals surface area contributed by atoms with Gasteiger partial charge in [0.2, 0.25) is 5.91 Å². The van der Waals surface area contributed by atoms with Crippen molar-refractivity contribution in [2.45, 2.75) is 54.5 Å². The van der Waals surface area contributed by atoms with Gasteiger partial charge in [-0.2, -0.15) is 0 Å². The minimum Gasteiger partial charge on any atom is -0.336 e. The second-order valence-electron chi connectivity index (χ2n) is 7.14. The van der Waals surface area contributed by atoms with Crippen molar-refractivity contribution in [2.24, 2.45) is 0 Å². The van der Waals surface area contributed by atoms with E-state index < -0.39 is 0 Å². The molecular weight excluding hydrogens is 328 g/mol. The van der Waals surface area contributed by atoms with Crippen LogP contribution in [0.1, 0.15) is 44.2 Å². The van der Waals surface area contributed by atoms with E-state index in [0.29, 0.717) is 18.4 Å². The molecule has 3 heterocycles. The molecule has 4 heteroatoms. The highest BCUT2D eigenvalue weighted by Crippen LogP contribution is 2.55. The standard InChI is InChI=1S/C21H22N2OS/c1-2-14-13-17(22-12-6-11-20(22)24)15-7-5-10-19-21(15)23(14)16-8-3-4-9-18(16)25-19/h3-5,7-10,14,17H,2,6,11-13H2,1H3/t14-,17-/m1/s1. The van der Waals surface area contributed by atoms with E-state index in [-0.39, 0.29) is 6.04 Å². The second-order valence-corrected chi connectivity index (χ2v) is 8.22. The average Bonchev–Trinajstić information content (AvgIpc) is 3.07. The summed E-state index contributed by atoms with van der Waals surface area (Å²) in [5.74, 6) is 0.328. The van der Waals surface area contributed by atoms with Crippen LogP contribution in [0.3, 0.4) is 0 Å². The van der Waals surface area contributed by atoms with Gasteiger partial charge in [-0.15, -0.1) is 0 Å². The third kappa shape index (κ3) is 2.23. The lowest BCUT2D eigenvalue weighted by Crippen LogP contribution is -2.43. The smallest absolute Gasteiger partial charge is 0.223 e. The van der Waals surface area contributed by atoms with Gasteiger partial charge in [0.15, 0.2) is 0 Å². The quantitative estimate of drug-likeness (QED) is 0.750. The van der Waals surface area contributed by atoms with Gasteiger partial charge in [0, 0.05) is 28.8 Å². The molecule has 0 spiro atoms. The van der Waals surface area contributed by atoms with Gasteiger partial charge in [0.05, 0.1) is 17.4 Å². The molecule has 0 unspecified atom stereocenters. The molecule has 1 fully saturated rings. The summed E-state index contributed by atoms with van der Waals surface area (Å²) < 4.78 is 0. The van der Waals surface area contributed by atoms with E-state index in [1.54, 1.807) is 0 Å². The van der Waals surface area contributed by atoms with Crippen molar-refractivity contribution in [3.05, 3.63) is 48.0 Å². The number of hydrogen-bond donors (Lipinski definition) is 0. The van der Waals surface area contributed by atoms with Crippen LogP contribution in [-0.4, -0.2) is 23.4 Å². The maximum Gasteiger partial charge on any atom is 0.223 e. The van der Waals surface area contributed by atoms with Gasteiger partial charge in [0.1, 0.15) is 0 Å². The van der Waals surface area contributed by atoms with Crippen molar-refractivity contribution in [1.82, 2.24) is 4.90 Å². The second kappa shape index (κ2) is 5.80. The summed E-state index contributed by atoms with van der Waals surface area (Å²) in [4.78, 5) is 19.8. The number of likely N-dealkylation sites (tertiary alicyclic amines) is 1. The summed E-state index contributed by atoms with van der Waals surface area (Å²) in [5.41, 5.74) is 4.00. The Bertz CT molecular complexity index is 850. The van der Waals surface area contributed by atoms with Crippen LogP contribution in [0.5, 0.6) is 0 Å². The Labute approximate surface area is 153 Å². The predicted molar refractivity (Wildman–Crippen MR) is 102 cm³/mol. The Morgan fingerprint density at radius 2 is 1.96 bits per heavy atom. The summed E-state index contributed by atoms with van der Waals surface area (Å²) in [6, 6.07) is 16.0. The number of para-hydroxylation sites is 2. The molecule has 2 aromatic rings. The maximum atomic E-state index is 12.4. The highest BCUT2D eigenvalue weighted by molar-refractivity contribution is 7.99. The predicted octanol–water partition coefficient (Wildman–Crippen LogP) is 5.14. The average molecular weight is 350 g/mol. The molecule has 3 nitrogen and oxygen atoms in total. The fraction of sp³-hybridized carbons (Fsp3) is 0.381. The van der Waals surface area contributed by atoms with E-state index in [0.717, 1.165) is 25.8 Å². The highest BCUT2D eigenvalue weighted by atomic mass is 32.2. The summed E-state index contributed by atoms with van der Waals surface area (Å²) in [6.07, 6.45) is 3.83. The molecular formula is C21H22N2OS. The summed E-state index contributed by atoms with van der Waals surface area (Å²) in [7, 11) is 0. The molecule has 3 aliphatic rings. The molecule has 0 radical (unpaired) electrons. The van der Waals surface area contributed by atoms with E-state index in [4.69, 9.17) is 0 Å². The first-order valence-electron chi connectivity index (χ1n) is 9.26. The Morgan fingerprint density at radius 3 is 2.76 bits per heavy atom. The minimum absolute atomic E-state index is 0.233. The van der Waals surface area contributed by atoms with E-state index in [9.17, 15) is 4.79 Å². The largest absolute Gasteiger partial charge is 0.336 e. The molecule has 0 aromatic heterocycles. The van der Waals surface area contributed by atoms with Gasteiger partial charge in [0.25, 0.3) is 0 Å². The number of anilines is 2. The number of nitrogens with zero attached hydrogens (tertiary/aromatic N) is 2. The molecule has 1 amide bonds. The van der Waals surface area contributed by atoms with Crippen LogP contribution in [0.15, 0.2) is 52.3 Å². The van der Waals surface area contributed by atoms with Gasteiger partial charge in [-0.1, -0.05) is 43.0 Å². The van der Waals surface area contributed by atoms with E-state index in [1.807, 2.05) is 11.8 Å². The van der Waals surface area contributed by atoms with Gasteiger partial charge in [-0.25, -0.2) is 0 Å². The van der Waals surface area contributed by atoms with Gasteiger partial charge < -0.3 is 9.80 Å². The summed E-state index contributed by atoms with van der Waals surface area (Å²) in [6.45, 7) is 3.18. The Hall–Kier alpha value is -1.94. The zero-order valence-corrected chi connectivity index (χ0v) is 15.3. The fourth-order valence-corrected chi connectivity index (χ4v) is 5.76. The van der Waals surface area contributed by atoms with Crippen molar-refractivity contribution in [2.75, 3.05) is 11.4 Å². The van der Waals surface area contributed by atoms with Gasteiger partial charge in [-0.05, 0) is 43.0 Å². The van der Waals surface area contributed by atoms with Crippen molar-refractivity contribution < 1.29 is 4.79 Å². The SMILES string of the molecule is CC[C@@H]1C[C@@H](N2CCCC2=O)c2cccc3c2N1c1ccccc1S3. The molecule has 3 aliphatic heterocycles. The highest BCUT2D eigenvalue weighted by Gasteiger charge is 2.41. The molecule has 0 bridgehead atoms. The first-order chi connectivity index (χ1) is 12.3. The lowest BCUT2D eigenvalue weighted by atomic mass is 9.88. The van der Waals surface area contributed by atoms with Crippen molar-refractivity contribution in [3.8, 4) is 0 Å². The van der Waals surface area contributed by atoms with E-state index in [1.165, 1.54) is 26.7 Å². The third-order valence-electron chi connectivity index (χ3n) is 5.79. The van der Waals surface area contributed by atoms with Crippen LogP contribution in [0.4, 0.5) is 11.4 Å². The van der Waals surface area contributed by atoms with E-state index in [2.05, 4.69) is 59.2 Å². The molecule has 0 aliphatic carbocycles. The lowest BCUT2D eigenvalue weighted by molar-refractivity contribution is -0.130.